The standard InChI is InChI=1S/C9H19N.Li.H/c1-3-5-6-7-9-10-8-4-2;;/h8H,3-7,9H2,1-2H3;;/q;+1;-1. The van der Waals surface area contributed by atoms with Crippen molar-refractivity contribution < 1.29 is 20.3 Å². The number of hydrogen-bond donors (Lipinski definition) is 0. The molecule has 62 valence electrons. The van der Waals surface area contributed by atoms with Gasteiger partial charge in [-0.2, -0.15) is 0 Å². The van der Waals surface area contributed by atoms with Crippen LogP contribution in [0.4, 0.5) is 0 Å². The molecule has 0 aromatic carbocycles. The van der Waals surface area contributed by atoms with Gasteiger partial charge in [-0.15, -0.1) is 0 Å². The first kappa shape index (κ1) is 13.8. The van der Waals surface area contributed by atoms with E-state index in [4.69, 9.17) is 0 Å². The number of hydrogen-bond acceptors (Lipinski definition) is 1. The van der Waals surface area contributed by atoms with Gasteiger partial charge >= 0.3 is 18.9 Å². The minimum atomic E-state index is 0. The molecule has 0 atom stereocenters. The maximum absolute atomic E-state index is 4.24. The van der Waals surface area contributed by atoms with Crippen LogP contribution in [0, 0.1) is 0 Å². The third-order valence-corrected chi connectivity index (χ3v) is 1.45. The molecule has 0 aliphatic rings. The molecule has 0 N–H and O–H groups in total. The van der Waals surface area contributed by atoms with Gasteiger partial charge in [-0.1, -0.05) is 33.1 Å². The molecule has 0 radical (unpaired) electrons. The summed E-state index contributed by atoms with van der Waals surface area (Å²) >= 11 is 0. The molecule has 0 amide bonds. The molecule has 0 spiro atoms. The van der Waals surface area contributed by atoms with Crippen LogP contribution in [0.15, 0.2) is 4.99 Å². The van der Waals surface area contributed by atoms with Crippen LogP contribution >= 0.6 is 0 Å². The van der Waals surface area contributed by atoms with E-state index in [9.17, 15) is 0 Å². The number of nitrogens with zero attached hydrogens (tertiary/aromatic N) is 1. The number of unbranched alkanes of at least 4 members (excludes halogenated alkanes) is 3. The Balaban J connectivity index is -0.000000405. The fourth-order valence-corrected chi connectivity index (χ4v) is 0.850. The second-order valence-electron chi connectivity index (χ2n) is 2.56. The molecule has 0 aliphatic carbocycles. The zero-order valence-electron chi connectivity index (χ0n) is 9.27. The summed E-state index contributed by atoms with van der Waals surface area (Å²) in [7, 11) is 0. The molecule has 0 heterocycles. The van der Waals surface area contributed by atoms with Crippen LogP contribution in [0.3, 0.4) is 0 Å². The Morgan fingerprint density at radius 3 is 2.45 bits per heavy atom. The molecule has 11 heavy (non-hydrogen) atoms. The van der Waals surface area contributed by atoms with E-state index in [0.29, 0.717) is 0 Å². The third-order valence-electron chi connectivity index (χ3n) is 1.45. The molecule has 0 saturated heterocycles. The van der Waals surface area contributed by atoms with Crippen LogP contribution in [0.1, 0.15) is 47.4 Å². The molecule has 0 bridgehead atoms. The van der Waals surface area contributed by atoms with Crippen LogP contribution in [0.25, 0.3) is 0 Å². The third kappa shape index (κ3) is 13.3. The van der Waals surface area contributed by atoms with E-state index in [2.05, 4.69) is 18.8 Å². The maximum Gasteiger partial charge on any atom is 1.00 e. The average Bonchev–Trinajstić information content (AvgIpc) is 1.97. The average molecular weight is 149 g/mol. The van der Waals surface area contributed by atoms with E-state index in [1.807, 2.05) is 6.21 Å². The van der Waals surface area contributed by atoms with Crippen molar-refractivity contribution in [1.82, 2.24) is 0 Å². The Hall–Kier alpha value is 0.267. The van der Waals surface area contributed by atoms with Gasteiger partial charge < -0.3 is 1.43 Å². The summed E-state index contributed by atoms with van der Waals surface area (Å²) in [5, 5.41) is 0. The molecule has 0 fully saturated rings. The number of aliphatic imine (C=N–C) groups is 1. The van der Waals surface area contributed by atoms with Gasteiger partial charge in [0.25, 0.3) is 0 Å². The van der Waals surface area contributed by atoms with Gasteiger partial charge in [-0.25, -0.2) is 0 Å². The largest absolute Gasteiger partial charge is 1.00 e. The molecule has 0 aliphatic heterocycles. The SMILES string of the molecule is CCC=NCCCCCC.[H-].[Li+]. The molecule has 0 rings (SSSR count). The van der Waals surface area contributed by atoms with Crippen molar-refractivity contribution in [1.29, 1.82) is 0 Å². The Morgan fingerprint density at radius 1 is 1.18 bits per heavy atom. The Morgan fingerprint density at radius 2 is 1.91 bits per heavy atom. The van der Waals surface area contributed by atoms with Crippen molar-refractivity contribution >= 4 is 6.21 Å². The van der Waals surface area contributed by atoms with Crippen LogP contribution in [0.5, 0.6) is 0 Å². The van der Waals surface area contributed by atoms with E-state index in [1.54, 1.807) is 0 Å². The topological polar surface area (TPSA) is 12.4 Å². The van der Waals surface area contributed by atoms with Crippen LogP contribution in [-0.2, 0) is 0 Å². The zero-order valence-corrected chi connectivity index (χ0v) is 8.27. The summed E-state index contributed by atoms with van der Waals surface area (Å²) in [6, 6.07) is 0. The van der Waals surface area contributed by atoms with E-state index in [-0.39, 0.29) is 20.3 Å². The Labute approximate surface area is 84.3 Å². The van der Waals surface area contributed by atoms with Gasteiger partial charge in [0.2, 0.25) is 0 Å². The van der Waals surface area contributed by atoms with Gasteiger partial charge in [0.05, 0.1) is 0 Å². The second kappa shape index (κ2) is 12.9. The number of rotatable bonds is 6. The van der Waals surface area contributed by atoms with Gasteiger partial charge in [-0.05, 0) is 19.1 Å². The van der Waals surface area contributed by atoms with E-state index in [0.717, 1.165) is 13.0 Å². The fraction of sp³-hybridized carbons (Fsp3) is 0.889. The van der Waals surface area contributed by atoms with E-state index >= 15 is 0 Å². The van der Waals surface area contributed by atoms with Gasteiger partial charge in [0.15, 0.2) is 0 Å². The van der Waals surface area contributed by atoms with Crippen LogP contribution in [0.2, 0.25) is 0 Å². The summed E-state index contributed by atoms with van der Waals surface area (Å²) in [5.74, 6) is 0. The first-order valence-corrected chi connectivity index (χ1v) is 4.40. The van der Waals surface area contributed by atoms with Crippen molar-refractivity contribution in [3.8, 4) is 0 Å². The summed E-state index contributed by atoms with van der Waals surface area (Å²) in [4.78, 5) is 4.24. The van der Waals surface area contributed by atoms with Crippen LogP contribution < -0.4 is 18.9 Å². The summed E-state index contributed by atoms with van der Waals surface area (Å²) < 4.78 is 0. The normalized spacial score (nSPS) is 10.0. The van der Waals surface area contributed by atoms with E-state index in [1.165, 1.54) is 25.7 Å². The van der Waals surface area contributed by atoms with Crippen molar-refractivity contribution in [2.45, 2.75) is 46.0 Å². The predicted octanol–water partition coefficient (Wildman–Crippen LogP) is 0.164. The van der Waals surface area contributed by atoms with Gasteiger partial charge in [0.1, 0.15) is 0 Å². The van der Waals surface area contributed by atoms with Crippen molar-refractivity contribution in [2.24, 2.45) is 4.99 Å². The minimum absolute atomic E-state index is 0. The molecular weight excluding hydrogens is 129 g/mol. The molecule has 0 unspecified atom stereocenters. The molecule has 0 aromatic rings. The second-order valence-corrected chi connectivity index (χ2v) is 2.56. The Bertz CT molecular complexity index is 86.6. The monoisotopic (exact) mass is 149 g/mol. The smallest absolute Gasteiger partial charge is 1.00 e. The molecule has 2 heteroatoms. The first-order chi connectivity index (χ1) is 4.91. The summed E-state index contributed by atoms with van der Waals surface area (Å²) in [5.41, 5.74) is 0. The Kier molecular flexibility index (Phi) is 16.2. The van der Waals surface area contributed by atoms with Crippen LogP contribution in [-0.4, -0.2) is 12.8 Å². The molecule has 0 saturated carbocycles. The fourth-order valence-electron chi connectivity index (χ4n) is 0.850. The first-order valence-electron chi connectivity index (χ1n) is 4.40. The summed E-state index contributed by atoms with van der Waals surface area (Å²) in [6.07, 6.45) is 8.38. The quantitative estimate of drug-likeness (QED) is 0.290. The van der Waals surface area contributed by atoms with Crippen molar-refractivity contribution in [3.05, 3.63) is 0 Å². The molecular formula is C9H20LiN. The molecule has 1 nitrogen and oxygen atoms in total. The van der Waals surface area contributed by atoms with Gasteiger partial charge in [0, 0.05) is 6.54 Å². The maximum atomic E-state index is 4.24. The molecule has 0 aromatic heterocycles. The van der Waals surface area contributed by atoms with Crippen molar-refractivity contribution in [2.75, 3.05) is 6.54 Å². The summed E-state index contributed by atoms with van der Waals surface area (Å²) in [6.45, 7) is 5.39. The zero-order chi connectivity index (χ0) is 7.66. The van der Waals surface area contributed by atoms with Crippen molar-refractivity contribution in [3.63, 3.8) is 0 Å². The minimum Gasteiger partial charge on any atom is -1.00 e. The van der Waals surface area contributed by atoms with Gasteiger partial charge in [-0.3, -0.25) is 4.99 Å². The van der Waals surface area contributed by atoms with E-state index < -0.39 is 0 Å². The predicted molar refractivity (Wildman–Crippen MR) is 48.9 cm³/mol.